The third kappa shape index (κ3) is 6.46. The van der Waals surface area contributed by atoms with Crippen LogP contribution >= 0.6 is 0 Å². The van der Waals surface area contributed by atoms with Crippen LogP contribution in [0.2, 0.25) is 0 Å². The minimum atomic E-state index is -2.86. The normalized spacial score (nSPS) is 20.8. The van der Waals surface area contributed by atoms with Crippen LogP contribution in [0.3, 0.4) is 0 Å². The first-order chi connectivity index (χ1) is 11.6. The van der Waals surface area contributed by atoms with Crippen molar-refractivity contribution in [2.24, 2.45) is 11.8 Å². The number of hydrogen-bond acceptors (Lipinski definition) is 3. The average Bonchev–Trinajstić information content (AvgIpc) is 2.56. The van der Waals surface area contributed by atoms with E-state index in [0.717, 1.165) is 12.3 Å². The van der Waals surface area contributed by atoms with Gasteiger partial charge in [-0.1, -0.05) is 45.4 Å². The molecule has 0 amide bonds. The van der Waals surface area contributed by atoms with Crippen LogP contribution in [0.5, 0.6) is 11.5 Å². The second-order valence-corrected chi connectivity index (χ2v) is 6.54. The molecule has 0 N–H and O–H groups in total. The van der Waals surface area contributed by atoms with E-state index in [-0.39, 0.29) is 11.7 Å². The maximum atomic E-state index is 12.1. The van der Waals surface area contributed by atoms with Crippen molar-refractivity contribution in [2.45, 2.75) is 64.9 Å². The predicted octanol–water partition coefficient (Wildman–Crippen LogP) is 5.58. The van der Waals surface area contributed by atoms with Gasteiger partial charge in [0.2, 0.25) is 0 Å². The first-order valence-electron chi connectivity index (χ1n) is 8.82. The van der Waals surface area contributed by atoms with E-state index in [4.69, 9.17) is 4.74 Å². The summed E-state index contributed by atoms with van der Waals surface area (Å²) in [6, 6.07) is 5.66. The van der Waals surface area contributed by atoms with Crippen LogP contribution in [0, 0.1) is 11.8 Å². The minimum Gasteiger partial charge on any atom is -0.435 e. The second-order valence-electron chi connectivity index (χ2n) is 6.54. The fourth-order valence-electron chi connectivity index (χ4n) is 3.41. The number of alkyl halides is 2. The number of carbonyl (C=O) groups is 1. The Labute approximate surface area is 142 Å². The first-order valence-corrected chi connectivity index (χ1v) is 8.82. The van der Waals surface area contributed by atoms with Crippen molar-refractivity contribution in [3.8, 4) is 11.5 Å². The number of ether oxygens (including phenoxy) is 2. The Morgan fingerprint density at radius 1 is 1.04 bits per heavy atom. The molecule has 2 rings (SSSR count). The van der Waals surface area contributed by atoms with E-state index in [1.54, 1.807) is 0 Å². The smallest absolute Gasteiger partial charge is 0.387 e. The zero-order valence-corrected chi connectivity index (χ0v) is 14.2. The van der Waals surface area contributed by atoms with Gasteiger partial charge < -0.3 is 9.47 Å². The van der Waals surface area contributed by atoms with E-state index in [9.17, 15) is 13.6 Å². The molecule has 1 aliphatic carbocycles. The van der Waals surface area contributed by atoms with Crippen LogP contribution in [-0.2, 0) is 4.79 Å². The lowest BCUT2D eigenvalue weighted by molar-refractivity contribution is -0.134. The first kappa shape index (κ1) is 18.7. The summed E-state index contributed by atoms with van der Waals surface area (Å²) >= 11 is 0. The standard InChI is InChI=1S/C19H26F2O3/c1-2-3-14-4-6-15(7-5-14)8-13-18(22)23-16-9-11-17(12-10-16)24-19(20)21/h9-12,14-15,19H,2-8,13H2,1H3. The van der Waals surface area contributed by atoms with Gasteiger partial charge in [-0.3, -0.25) is 4.79 Å². The van der Waals surface area contributed by atoms with Crippen molar-refractivity contribution in [1.29, 1.82) is 0 Å². The second kappa shape index (κ2) is 9.60. The molecular formula is C19H26F2O3. The maximum Gasteiger partial charge on any atom is 0.387 e. The molecule has 0 heterocycles. The Morgan fingerprint density at radius 2 is 1.58 bits per heavy atom. The van der Waals surface area contributed by atoms with E-state index in [2.05, 4.69) is 11.7 Å². The Kier molecular flexibility index (Phi) is 7.47. The number of esters is 1. The highest BCUT2D eigenvalue weighted by atomic mass is 19.3. The molecule has 1 aliphatic rings. The minimum absolute atomic E-state index is 0.0497. The molecule has 0 unspecified atom stereocenters. The summed E-state index contributed by atoms with van der Waals surface area (Å²) in [5, 5.41) is 0. The molecule has 0 spiro atoms. The maximum absolute atomic E-state index is 12.1. The highest BCUT2D eigenvalue weighted by Gasteiger charge is 2.21. The number of hydrogen-bond donors (Lipinski definition) is 0. The van der Waals surface area contributed by atoms with Crippen LogP contribution in [0.25, 0.3) is 0 Å². The van der Waals surface area contributed by atoms with Gasteiger partial charge in [0.1, 0.15) is 11.5 Å². The molecule has 0 aliphatic heterocycles. The Morgan fingerprint density at radius 3 is 2.12 bits per heavy atom. The van der Waals surface area contributed by atoms with Crippen LogP contribution in [0.15, 0.2) is 24.3 Å². The average molecular weight is 340 g/mol. The van der Waals surface area contributed by atoms with Gasteiger partial charge in [0.15, 0.2) is 0 Å². The van der Waals surface area contributed by atoms with Crippen molar-refractivity contribution >= 4 is 5.97 Å². The summed E-state index contributed by atoms with van der Waals surface area (Å²) in [5.74, 6) is 1.62. The molecule has 3 nitrogen and oxygen atoms in total. The Balaban J connectivity index is 1.68. The number of rotatable bonds is 8. The quantitative estimate of drug-likeness (QED) is 0.458. The zero-order chi connectivity index (χ0) is 17.4. The fraction of sp³-hybridized carbons (Fsp3) is 0.632. The molecule has 1 saturated carbocycles. The summed E-state index contributed by atoms with van der Waals surface area (Å²) in [4.78, 5) is 11.9. The van der Waals surface area contributed by atoms with Crippen LogP contribution < -0.4 is 9.47 Å². The summed E-state index contributed by atoms with van der Waals surface area (Å²) in [6.45, 7) is -0.625. The topological polar surface area (TPSA) is 35.5 Å². The third-order valence-electron chi connectivity index (χ3n) is 4.70. The molecule has 24 heavy (non-hydrogen) atoms. The molecule has 0 atom stereocenters. The molecular weight excluding hydrogens is 314 g/mol. The molecule has 0 saturated heterocycles. The molecule has 0 radical (unpaired) electrons. The van der Waals surface area contributed by atoms with Crippen molar-refractivity contribution in [3.63, 3.8) is 0 Å². The van der Waals surface area contributed by atoms with Gasteiger partial charge in [0.05, 0.1) is 0 Å². The Hall–Kier alpha value is -1.65. The fourth-order valence-corrected chi connectivity index (χ4v) is 3.41. The molecule has 5 heteroatoms. The summed E-state index contributed by atoms with van der Waals surface area (Å²) in [5.41, 5.74) is 0. The van der Waals surface area contributed by atoms with Gasteiger partial charge >= 0.3 is 12.6 Å². The van der Waals surface area contributed by atoms with Crippen molar-refractivity contribution < 1.29 is 23.0 Å². The predicted molar refractivity (Wildman–Crippen MR) is 88.3 cm³/mol. The largest absolute Gasteiger partial charge is 0.435 e. The lowest BCUT2D eigenvalue weighted by atomic mass is 9.78. The van der Waals surface area contributed by atoms with E-state index in [1.165, 1.54) is 62.8 Å². The highest BCUT2D eigenvalue weighted by molar-refractivity contribution is 5.72. The molecule has 1 aromatic carbocycles. The summed E-state index contributed by atoms with van der Waals surface area (Å²) in [7, 11) is 0. The van der Waals surface area contributed by atoms with Crippen LogP contribution in [0.1, 0.15) is 58.3 Å². The number of carbonyl (C=O) groups excluding carboxylic acids is 1. The van der Waals surface area contributed by atoms with Gasteiger partial charge in [0, 0.05) is 6.42 Å². The van der Waals surface area contributed by atoms with Crippen molar-refractivity contribution in [2.75, 3.05) is 0 Å². The Bertz CT molecular complexity index is 494. The zero-order valence-electron chi connectivity index (χ0n) is 14.2. The van der Waals surface area contributed by atoms with Gasteiger partial charge in [0.25, 0.3) is 0 Å². The molecule has 1 fully saturated rings. The molecule has 1 aromatic rings. The number of halogens is 2. The van der Waals surface area contributed by atoms with E-state index < -0.39 is 6.61 Å². The summed E-state index contributed by atoms with van der Waals surface area (Å²) in [6.07, 6.45) is 8.80. The van der Waals surface area contributed by atoms with Crippen molar-refractivity contribution in [1.82, 2.24) is 0 Å². The monoisotopic (exact) mass is 340 g/mol. The molecule has 134 valence electrons. The van der Waals surface area contributed by atoms with E-state index >= 15 is 0 Å². The summed E-state index contributed by atoms with van der Waals surface area (Å²) < 4.78 is 33.6. The molecule has 0 bridgehead atoms. The lowest BCUT2D eigenvalue weighted by Gasteiger charge is -2.28. The van der Waals surface area contributed by atoms with Gasteiger partial charge in [-0.15, -0.1) is 0 Å². The van der Waals surface area contributed by atoms with Gasteiger partial charge in [-0.2, -0.15) is 8.78 Å². The van der Waals surface area contributed by atoms with E-state index in [0.29, 0.717) is 18.1 Å². The van der Waals surface area contributed by atoms with Crippen LogP contribution in [0.4, 0.5) is 8.78 Å². The van der Waals surface area contributed by atoms with E-state index in [1.807, 2.05) is 0 Å². The number of benzene rings is 1. The third-order valence-corrected chi connectivity index (χ3v) is 4.70. The SMILES string of the molecule is CCCC1CCC(CCC(=O)Oc2ccc(OC(F)F)cc2)CC1. The van der Waals surface area contributed by atoms with Crippen LogP contribution in [-0.4, -0.2) is 12.6 Å². The van der Waals surface area contributed by atoms with Gasteiger partial charge in [-0.25, -0.2) is 0 Å². The molecule has 0 aromatic heterocycles. The lowest BCUT2D eigenvalue weighted by Crippen LogP contribution is -2.17. The van der Waals surface area contributed by atoms with Gasteiger partial charge in [-0.05, 0) is 42.5 Å². The van der Waals surface area contributed by atoms with Crippen molar-refractivity contribution in [3.05, 3.63) is 24.3 Å². The highest BCUT2D eigenvalue weighted by Crippen LogP contribution is 2.33.